The summed E-state index contributed by atoms with van der Waals surface area (Å²) < 4.78 is 87.0. The third-order valence-corrected chi connectivity index (χ3v) is 8.68. The van der Waals surface area contributed by atoms with Crippen LogP contribution in [0.15, 0.2) is 24.3 Å². The molecular weight excluding hydrogens is 588 g/mol. The van der Waals surface area contributed by atoms with Gasteiger partial charge in [0.25, 0.3) is 11.8 Å². The van der Waals surface area contributed by atoms with E-state index in [9.17, 15) is 35.9 Å². The number of aliphatic hydroxyl groups is 2. The van der Waals surface area contributed by atoms with Crippen LogP contribution in [-0.4, -0.2) is 52.9 Å². The van der Waals surface area contributed by atoms with Gasteiger partial charge in [0.15, 0.2) is 23.3 Å². The zero-order valence-corrected chi connectivity index (χ0v) is 23.1. The van der Waals surface area contributed by atoms with Crippen LogP contribution in [0.5, 0.6) is 0 Å². The van der Waals surface area contributed by atoms with Gasteiger partial charge in [-0.3, -0.25) is 14.9 Å². The second kappa shape index (κ2) is 10.6. The molecule has 1 fully saturated rings. The highest BCUT2D eigenvalue weighted by Crippen LogP contribution is 2.46. The lowest BCUT2D eigenvalue weighted by molar-refractivity contribution is -0.254. The molecule has 0 bridgehead atoms. The smallest absolute Gasteiger partial charge is 0.301 e. The molecule has 6 rings (SSSR count). The predicted molar refractivity (Wildman–Crippen MR) is 143 cm³/mol. The van der Waals surface area contributed by atoms with Crippen LogP contribution in [0.25, 0.3) is 31.3 Å². The summed E-state index contributed by atoms with van der Waals surface area (Å²) in [6, 6.07) is 4.05. The standard InChI is InChI=1S/C22H11F4NO2S.C7H12F2O3/c1-7-3-11(23)12(24)4-9(7)16-8(2)20-17(19-18(16)21(28)27-22(19)29)10-5-13(25)14(26)6-15(10)30-20;1-4-2-5(11)7(8,9)6(3-10)12-4/h3-6H,1-2H3,(H,27,28,29);4-6,10-11H,2-3H2,1H3. The normalized spacial score (nSPS) is 21.4. The van der Waals surface area contributed by atoms with Gasteiger partial charge in [-0.05, 0) is 67.3 Å². The minimum atomic E-state index is -3.33. The number of alkyl halides is 2. The summed E-state index contributed by atoms with van der Waals surface area (Å²) in [6.07, 6.45) is -3.81. The average Bonchev–Trinajstić information content (AvgIpc) is 3.41. The number of amides is 2. The van der Waals surface area contributed by atoms with E-state index in [0.29, 0.717) is 36.9 Å². The van der Waals surface area contributed by atoms with E-state index < -0.39 is 65.9 Å². The molecule has 13 heteroatoms. The summed E-state index contributed by atoms with van der Waals surface area (Å²) in [5.41, 5.74) is 1.52. The lowest BCUT2D eigenvalue weighted by Crippen LogP contribution is -2.54. The zero-order chi connectivity index (χ0) is 30.8. The average molecular weight is 612 g/mol. The van der Waals surface area contributed by atoms with E-state index in [4.69, 9.17) is 14.9 Å². The van der Waals surface area contributed by atoms with Crippen LogP contribution in [0, 0.1) is 37.1 Å². The number of aliphatic hydroxyl groups excluding tert-OH is 2. The van der Waals surface area contributed by atoms with Crippen molar-refractivity contribution >= 4 is 43.3 Å². The lowest BCUT2D eigenvalue weighted by Gasteiger charge is -2.37. The third kappa shape index (κ3) is 4.74. The first kappa shape index (κ1) is 30.0. The van der Waals surface area contributed by atoms with Crippen molar-refractivity contribution in [3.63, 3.8) is 0 Å². The molecule has 0 aliphatic carbocycles. The summed E-state index contributed by atoms with van der Waals surface area (Å²) >= 11 is 1.14. The number of rotatable bonds is 2. The Morgan fingerprint density at radius 3 is 2.21 bits per heavy atom. The zero-order valence-electron chi connectivity index (χ0n) is 22.3. The maximum absolute atomic E-state index is 14.0. The van der Waals surface area contributed by atoms with Gasteiger partial charge >= 0.3 is 5.92 Å². The number of imide groups is 1. The first-order valence-electron chi connectivity index (χ1n) is 12.7. The van der Waals surface area contributed by atoms with Crippen LogP contribution in [0.1, 0.15) is 45.2 Å². The number of ether oxygens (including phenoxy) is 1. The number of hydrogen-bond donors (Lipinski definition) is 3. The number of thiophene rings is 1. The van der Waals surface area contributed by atoms with Crippen molar-refractivity contribution in [3.8, 4) is 11.1 Å². The second-order valence-electron chi connectivity index (χ2n) is 10.2. The molecule has 1 saturated heterocycles. The molecule has 2 amide bonds. The Morgan fingerprint density at radius 1 is 0.952 bits per heavy atom. The Labute approximate surface area is 238 Å². The number of aryl methyl sites for hydroxylation is 2. The number of carbonyl (C=O) groups excluding carboxylic acids is 2. The molecule has 0 spiro atoms. The quantitative estimate of drug-likeness (QED) is 0.193. The maximum Gasteiger partial charge on any atom is 0.301 e. The maximum atomic E-state index is 14.0. The molecule has 4 aromatic rings. The SMILES string of the molecule is CC1CC(O)C(F)(F)C(CO)O1.Cc1cc(F)c(F)cc1-c1c2c(c3c(sc4cc(F)c(F)cc43)c1C)C(=O)NC2=O. The van der Waals surface area contributed by atoms with Crippen molar-refractivity contribution < 1.29 is 50.9 Å². The highest BCUT2D eigenvalue weighted by molar-refractivity contribution is 7.26. The number of benzene rings is 3. The van der Waals surface area contributed by atoms with E-state index in [1.165, 1.54) is 0 Å². The first-order valence-corrected chi connectivity index (χ1v) is 13.5. The lowest BCUT2D eigenvalue weighted by atomic mass is 9.87. The molecule has 0 radical (unpaired) electrons. The minimum Gasteiger partial charge on any atom is -0.393 e. The summed E-state index contributed by atoms with van der Waals surface area (Å²) in [4.78, 5) is 25.3. The summed E-state index contributed by atoms with van der Waals surface area (Å²) in [7, 11) is 0. The Hall–Kier alpha value is -3.52. The Morgan fingerprint density at radius 2 is 1.55 bits per heavy atom. The van der Waals surface area contributed by atoms with Gasteiger partial charge in [-0.15, -0.1) is 11.3 Å². The minimum absolute atomic E-state index is 0.0172. The van der Waals surface area contributed by atoms with Gasteiger partial charge < -0.3 is 14.9 Å². The topological polar surface area (TPSA) is 95.9 Å². The van der Waals surface area contributed by atoms with Gasteiger partial charge in [-0.1, -0.05) is 0 Å². The fourth-order valence-corrected chi connectivity index (χ4v) is 6.59. The molecule has 0 saturated carbocycles. The predicted octanol–water partition coefficient (Wildman–Crippen LogP) is 5.93. The van der Waals surface area contributed by atoms with E-state index in [1.54, 1.807) is 20.8 Å². The van der Waals surface area contributed by atoms with Crippen LogP contribution in [-0.2, 0) is 4.74 Å². The van der Waals surface area contributed by atoms with Gasteiger partial charge in [-0.25, -0.2) is 26.3 Å². The van der Waals surface area contributed by atoms with E-state index in [-0.39, 0.29) is 23.1 Å². The number of nitrogens with one attached hydrogen (secondary N) is 1. The molecule has 3 atom stereocenters. The third-order valence-electron chi connectivity index (χ3n) is 7.41. The molecule has 1 aromatic heterocycles. The molecule has 3 N–H and O–H groups in total. The molecule has 42 heavy (non-hydrogen) atoms. The van der Waals surface area contributed by atoms with E-state index in [0.717, 1.165) is 35.6 Å². The summed E-state index contributed by atoms with van der Waals surface area (Å²) in [5.74, 6) is -8.90. The van der Waals surface area contributed by atoms with Crippen LogP contribution in [0.2, 0.25) is 0 Å². The summed E-state index contributed by atoms with van der Waals surface area (Å²) in [6.45, 7) is 4.06. The van der Waals surface area contributed by atoms with Gasteiger partial charge in [0, 0.05) is 26.6 Å². The molecule has 6 nitrogen and oxygen atoms in total. The molecule has 3 aromatic carbocycles. The van der Waals surface area contributed by atoms with Crippen LogP contribution >= 0.6 is 11.3 Å². The van der Waals surface area contributed by atoms with Crippen LogP contribution in [0.4, 0.5) is 26.3 Å². The van der Waals surface area contributed by atoms with Crippen molar-refractivity contribution in [1.29, 1.82) is 0 Å². The molecular formula is C29H23F6NO5S. The van der Waals surface area contributed by atoms with E-state index in [2.05, 4.69) is 5.32 Å². The van der Waals surface area contributed by atoms with Crippen molar-refractivity contribution in [1.82, 2.24) is 5.32 Å². The molecule has 222 valence electrons. The van der Waals surface area contributed by atoms with Crippen molar-refractivity contribution in [2.45, 2.75) is 51.4 Å². The number of halogens is 6. The Kier molecular flexibility index (Phi) is 7.59. The van der Waals surface area contributed by atoms with Gasteiger partial charge in [0.2, 0.25) is 0 Å². The van der Waals surface area contributed by atoms with Gasteiger partial charge in [-0.2, -0.15) is 0 Å². The highest BCUT2D eigenvalue weighted by atomic mass is 32.1. The fourth-order valence-electron chi connectivity index (χ4n) is 5.37. The van der Waals surface area contributed by atoms with Gasteiger partial charge in [0.1, 0.15) is 12.2 Å². The van der Waals surface area contributed by atoms with Crippen molar-refractivity contribution in [2.24, 2.45) is 0 Å². The highest BCUT2D eigenvalue weighted by Gasteiger charge is 2.51. The van der Waals surface area contributed by atoms with Crippen LogP contribution < -0.4 is 5.32 Å². The van der Waals surface area contributed by atoms with E-state index in [1.807, 2.05) is 0 Å². The van der Waals surface area contributed by atoms with Crippen molar-refractivity contribution in [3.05, 3.63) is 69.8 Å². The largest absolute Gasteiger partial charge is 0.393 e. The molecule has 3 heterocycles. The Balaban J connectivity index is 0.000000248. The monoisotopic (exact) mass is 611 g/mol. The van der Waals surface area contributed by atoms with Crippen molar-refractivity contribution in [2.75, 3.05) is 6.61 Å². The molecule has 3 unspecified atom stereocenters. The molecule has 2 aliphatic heterocycles. The van der Waals surface area contributed by atoms with E-state index >= 15 is 0 Å². The fraction of sp³-hybridized carbons (Fsp3) is 0.310. The number of hydrogen-bond acceptors (Lipinski definition) is 6. The number of fused-ring (bicyclic) bond motifs is 5. The number of carbonyl (C=O) groups is 2. The second-order valence-corrected chi connectivity index (χ2v) is 11.3. The van der Waals surface area contributed by atoms with Gasteiger partial charge in [0.05, 0.1) is 23.8 Å². The first-order chi connectivity index (χ1) is 19.7. The molecule has 2 aliphatic rings. The van der Waals surface area contributed by atoms with Crippen LogP contribution in [0.3, 0.4) is 0 Å². The summed E-state index contributed by atoms with van der Waals surface area (Å²) in [5, 5.41) is 20.4. The Bertz CT molecular complexity index is 1790.